The topological polar surface area (TPSA) is 72.2 Å². The van der Waals surface area contributed by atoms with Gasteiger partial charge in [-0.15, -0.1) is 0 Å². The number of nitrogens with one attached hydrogen (secondary N) is 1. The van der Waals surface area contributed by atoms with Crippen LogP contribution in [0.5, 0.6) is 0 Å². The largest absolute Gasteiger partial charge is 0.399 e. The van der Waals surface area contributed by atoms with Gasteiger partial charge in [-0.1, -0.05) is 6.92 Å². The van der Waals surface area contributed by atoms with Crippen molar-refractivity contribution in [3.8, 4) is 0 Å². The zero-order chi connectivity index (χ0) is 12.2. The summed E-state index contributed by atoms with van der Waals surface area (Å²) in [6.45, 7) is 4.02. The number of rotatable bonds is 5. The molecule has 0 saturated heterocycles. The minimum Gasteiger partial charge on any atom is -0.399 e. The van der Waals surface area contributed by atoms with E-state index < -0.39 is 9.84 Å². The van der Waals surface area contributed by atoms with Crippen LogP contribution in [0.15, 0.2) is 18.2 Å². The van der Waals surface area contributed by atoms with E-state index in [0.29, 0.717) is 12.2 Å². The summed E-state index contributed by atoms with van der Waals surface area (Å²) in [5, 5.41) is 3.06. The van der Waals surface area contributed by atoms with Gasteiger partial charge >= 0.3 is 0 Å². The van der Waals surface area contributed by atoms with Gasteiger partial charge in [0, 0.05) is 23.7 Å². The molecule has 0 fully saturated rings. The fraction of sp³-hybridized carbons (Fsp3) is 0.455. The molecule has 0 atom stereocenters. The third kappa shape index (κ3) is 4.10. The Morgan fingerprint density at radius 3 is 2.56 bits per heavy atom. The number of hydrogen-bond donors (Lipinski definition) is 2. The van der Waals surface area contributed by atoms with Gasteiger partial charge in [-0.2, -0.15) is 0 Å². The van der Waals surface area contributed by atoms with E-state index in [2.05, 4.69) is 5.32 Å². The number of nitrogen functional groups attached to an aromatic ring is 1. The highest BCUT2D eigenvalue weighted by molar-refractivity contribution is 7.91. The molecule has 4 nitrogen and oxygen atoms in total. The van der Waals surface area contributed by atoms with Crippen LogP contribution in [0.2, 0.25) is 0 Å². The highest BCUT2D eigenvalue weighted by Gasteiger charge is 2.06. The Hall–Kier alpha value is -1.23. The lowest BCUT2D eigenvalue weighted by molar-refractivity contribution is 0.597. The average Bonchev–Trinajstić information content (AvgIpc) is 2.16. The highest BCUT2D eigenvalue weighted by Crippen LogP contribution is 2.15. The van der Waals surface area contributed by atoms with Crippen molar-refractivity contribution >= 4 is 21.2 Å². The van der Waals surface area contributed by atoms with Gasteiger partial charge in [0.25, 0.3) is 0 Å². The Kier molecular flexibility index (Phi) is 4.18. The molecule has 0 amide bonds. The van der Waals surface area contributed by atoms with Crippen LogP contribution in [0.25, 0.3) is 0 Å². The Bertz CT molecular complexity index is 435. The van der Waals surface area contributed by atoms with E-state index >= 15 is 0 Å². The summed E-state index contributed by atoms with van der Waals surface area (Å²) >= 11 is 0. The van der Waals surface area contributed by atoms with Crippen molar-refractivity contribution in [1.29, 1.82) is 0 Å². The molecule has 0 bridgehead atoms. The molecule has 1 aromatic carbocycles. The van der Waals surface area contributed by atoms with Crippen LogP contribution in [-0.2, 0) is 9.84 Å². The number of sulfone groups is 1. The smallest absolute Gasteiger partial charge is 0.151 e. The summed E-state index contributed by atoms with van der Waals surface area (Å²) in [5.41, 5.74) is 8.29. The minimum atomic E-state index is -2.90. The Balaban J connectivity index is 2.55. The lowest BCUT2D eigenvalue weighted by Crippen LogP contribution is -2.17. The van der Waals surface area contributed by atoms with Crippen LogP contribution in [0.4, 0.5) is 11.4 Å². The Labute approximate surface area is 96.8 Å². The van der Waals surface area contributed by atoms with E-state index in [9.17, 15) is 8.42 Å². The molecule has 0 aromatic heterocycles. The molecule has 0 unspecified atom stereocenters. The van der Waals surface area contributed by atoms with Gasteiger partial charge in [0.15, 0.2) is 9.84 Å². The van der Waals surface area contributed by atoms with Gasteiger partial charge in [0.2, 0.25) is 0 Å². The predicted octanol–water partition coefficient (Wildman–Crippen LogP) is 1.42. The normalized spacial score (nSPS) is 11.4. The molecule has 1 rings (SSSR count). The molecule has 0 saturated carbocycles. The van der Waals surface area contributed by atoms with Crippen molar-refractivity contribution < 1.29 is 8.42 Å². The van der Waals surface area contributed by atoms with E-state index in [4.69, 9.17) is 5.73 Å². The van der Waals surface area contributed by atoms with Crippen molar-refractivity contribution in [1.82, 2.24) is 0 Å². The lowest BCUT2D eigenvalue weighted by Gasteiger charge is -2.08. The van der Waals surface area contributed by atoms with Crippen LogP contribution >= 0.6 is 0 Å². The van der Waals surface area contributed by atoms with Gasteiger partial charge in [0.05, 0.1) is 5.75 Å². The maximum atomic E-state index is 11.3. The molecular weight excluding hydrogens is 224 g/mol. The standard InChI is InChI=1S/C11H18N2O2S/c1-3-16(14,15)5-4-13-11-7-9(2)6-10(12)8-11/h6-8,13H,3-5,12H2,1-2H3. The zero-order valence-electron chi connectivity index (χ0n) is 9.66. The number of aryl methyl sites for hydroxylation is 1. The van der Waals surface area contributed by atoms with Crippen molar-refractivity contribution in [2.45, 2.75) is 13.8 Å². The van der Waals surface area contributed by atoms with Crippen LogP contribution in [-0.4, -0.2) is 26.5 Å². The van der Waals surface area contributed by atoms with E-state index in [0.717, 1.165) is 11.3 Å². The highest BCUT2D eigenvalue weighted by atomic mass is 32.2. The second-order valence-electron chi connectivity index (χ2n) is 3.80. The molecule has 0 aliphatic rings. The molecule has 0 aliphatic heterocycles. The molecule has 90 valence electrons. The summed E-state index contributed by atoms with van der Waals surface area (Å²) in [6.07, 6.45) is 0. The summed E-state index contributed by atoms with van der Waals surface area (Å²) < 4.78 is 22.5. The van der Waals surface area contributed by atoms with E-state index in [-0.39, 0.29) is 11.5 Å². The molecular formula is C11H18N2O2S. The van der Waals surface area contributed by atoms with Gasteiger partial charge in [-0.25, -0.2) is 8.42 Å². The van der Waals surface area contributed by atoms with E-state index in [1.807, 2.05) is 19.1 Å². The molecule has 0 spiro atoms. The second kappa shape index (κ2) is 5.21. The first kappa shape index (κ1) is 12.8. The summed E-state index contributed by atoms with van der Waals surface area (Å²) in [7, 11) is -2.90. The van der Waals surface area contributed by atoms with Gasteiger partial charge in [0.1, 0.15) is 0 Å². The molecule has 0 aliphatic carbocycles. The first-order chi connectivity index (χ1) is 7.43. The van der Waals surface area contributed by atoms with Gasteiger partial charge in [-0.3, -0.25) is 0 Å². The van der Waals surface area contributed by atoms with Crippen LogP contribution in [0, 0.1) is 6.92 Å². The summed E-state index contributed by atoms with van der Waals surface area (Å²) in [5.74, 6) is 0.335. The fourth-order valence-electron chi connectivity index (χ4n) is 1.41. The first-order valence-electron chi connectivity index (χ1n) is 5.24. The Morgan fingerprint density at radius 1 is 1.31 bits per heavy atom. The van der Waals surface area contributed by atoms with Crippen LogP contribution in [0.1, 0.15) is 12.5 Å². The van der Waals surface area contributed by atoms with Crippen molar-refractivity contribution in [2.24, 2.45) is 0 Å². The first-order valence-corrected chi connectivity index (χ1v) is 7.06. The van der Waals surface area contributed by atoms with Crippen molar-refractivity contribution in [2.75, 3.05) is 29.1 Å². The third-order valence-corrected chi connectivity index (χ3v) is 3.99. The monoisotopic (exact) mass is 242 g/mol. The molecule has 1 aromatic rings. The van der Waals surface area contributed by atoms with Crippen molar-refractivity contribution in [3.05, 3.63) is 23.8 Å². The van der Waals surface area contributed by atoms with Gasteiger partial charge < -0.3 is 11.1 Å². The van der Waals surface area contributed by atoms with Gasteiger partial charge in [-0.05, 0) is 30.7 Å². The lowest BCUT2D eigenvalue weighted by atomic mass is 10.2. The summed E-state index contributed by atoms with van der Waals surface area (Å²) in [4.78, 5) is 0. The number of anilines is 2. The second-order valence-corrected chi connectivity index (χ2v) is 6.27. The SMILES string of the molecule is CCS(=O)(=O)CCNc1cc(C)cc(N)c1. The number of benzene rings is 1. The van der Waals surface area contributed by atoms with E-state index in [1.165, 1.54) is 0 Å². The molecule has 16 heavy (non-hydrogen) atoms. The maximum Gasteiger partial charge on any atom is 0.151 e. The van der Waals surface area contributed by atoms with E-state index in [1.54, 1.807) is 13.0 Å². The molecule has 3 N–H and O–H groups in total. The quantitative estimate of drug-likeness (QED) is 0.766. The molecule has 5 heteroatoms. The zero-order valence-corrected chi connectivity index (χ0v) is 10.5. The summed E-state index contributed by atoms with van der Waals surface area (Å²) in [6, 6.07) is 5.61. The fourth-order valence-corrected chi connectivity index (χ4v) is 2.11. The number of nitrogens with two attached hydrogens (primary N) is 1. The minimum absolute atomic E-state index is 0.150. The van der Waals surface area contributed by atoms with Crippen molar-refractivity contribution in [3.63, 3.8) is 0 Å². The molecule has 0 heterocycles. The maximum absolute atomic E-state index is 11.3. The predicted molar refractivity (Wildman–Crippen MR) is 68.4 cm³/mol. The Morgan fingerprint density at radius 2 is 2.00 bits per heavy atom. The van der Waals surface area contributed by atoms with Crippen LogP contribution in [0.3, 0.4) is 0 Å². The average molecular weight is 242 g/mol. The van der Waals surface area contributed by atoms with Crippen LogP contribution < -0.4 is 11.1 Å². The molecule has 0 radical (unpaired) electrons. The third-order valence-electron chi connectivity index (χ3n) is 2.28. The number of hydrogen-bond acceptors (Lipinski definition) is 4.